The molecule has 9 nitrogen and oxygen atoms in total. The third-order valence-corrected chi connectivity index (χ3v) is 5.59. The first-order valence-electron chi connectivity index (χ1n) is 12.2. The van der Waals surface area contributed by atoms with E-state index in [9.17, 15) is 4.79 Å². The number of rotatable bonds is 10. The molecule has 3 aromatic carbocycles. The summed E-state index contributed by atoms with van der Waals surface area (Å²) in [5.41, 5.74) is 3.18. The average molecular weight is 536 g/mol. The van der Waals surface area contributed by atoms with Gasteiger partial charge < -0.3 is 28.7 Å². The van der Waals surface area contributed by atoms with Gasteiger partial charge in [0.1, 0.15) is 11.3 Å². The van der Waals surface area contributed by atoms with Gasteiger partial charge in [-0.05, 0) is 81.5 Å². The van der Waals surface area contributed by atoms with Gasteiger partial charge in [-0.1, -0.05) is 0 Å². The van der Waals surface area contributed by atoms with Gasteiger partial charge >= 0.3 is 0 Å². The minimum absolute atomic E-state index is 0.140. The fourth-order valence-electron chi connectivity index (χ4n) is 3.71. The largest absolute Gasteiger partial charge is 0.497 e. The molecule has 2 N–H and O–H groups in total. The molecule has 4 aromatic rings. The predicted molar refractivity (Wildman–Crippen MR) is 150 cm³/mol. The number of methoxy groups -OCH3 is 1. The molecule has 0 aliphatic heterocycles. The lowest BCUT2D eigenvalue weighted by Crippen LogP contribution is -2.34. The minimum atomic E-state index is -0.411. The van der Waals surface area contributed by atoms with Crippen LogP contribution in [-0.4, -0.2) is 42.9 Å². The topological polar surface area (TPSA) is 104 Å². The zero-order valence-corrected chi connectivity index (χ0v) is 22.4. The number of hydrogen-bond donors (Lipinski definition) is 2. The molecule has 10 heteroatoms. The van der Waals surface area contributed by atoms with Gasteiger partial charge in [-0.3, -0.25) is 10.1 Å². The van der Waals surface area contributed by atoms with Crippen molar-refractivity contribution in [2.75, 3.05) is 32.2 Å². The third-order valence-electron chi connectivity index (χ3n) is 5.38. The molecule has 4 rings (SSSR count). The second kappa shape index (κ2) is 12.3. The number of fused-ring (bicyclic) bond motifs is 1. The fourth-order valence-corrected chi connectivity index (χ4v) is 3.92. The normalized spacial score (nSPS) is 10.6. The van der Waals surface area contributed by atoms with Crippen LogP contribution in [0.15, 0.2) is 59.0 Å². The van der Waals surface area contributed by atoms with Gasteiger partial charge in [-0.15, -0.1) is 0 Å². The molecule has 0 bridgehead atoms. The van der Waals surface area contributed by atoms with Crippen molar-refractivity contribution in [2.24, 2.45) is 0 Å². The number of oxazole rings is 1. The number of thiocarbonyl (C=S) groups is 1. The molecule has 0 saturated heterocycles. The van der Waals surface area contributed by atoms with Crippen molar-refractivity contribution in [2.45, 2.75) is 20.8 Å². The number of hydrogen-bond acceptors (Lipinski definition) is 8. The number of carbonyl (C=O) groups is 1. The van der Waals surface area contributed by atoms with Crippen LogP contribution in [0.1, 0.15) is 31.1 Å². The predicted octanol–water partition coefficient (Wildman–Crippen LogP) is 5.83. The smallest absolute Gasteiger partial charge is 0.257 e. The summed E-state index contributed by atoms with van der Waals surface area (Å²) in [6.07, 6.45) is 0. The van der Waals surface area contributed by atoms with E-state index in [0.717, 1.165) is 5.56 Å². The summed E-state index contributed by atoms with van der Waals surface area (Å²) in [5, 5.41) is 5.86. The summed E-state index contributed by atoms with van der Waals surface area (Å²) < 4.78 is 28.2. The van der Waals surface area contributed by atoms with Gasteiger partial charge in [0, 0.05) is 22.9 Å². The van der Waals surface area contributed by atoms with Crippen molar-refractivity contribution >= 4 is 40.0 Å². The molecule has 0 spiro atoms. The molecule has 1 aromatic heterocycles. The summed E-state index contributed by atoms with van der Waals surface area (Å²) >= 11 is 5.37. The Labute approximate surface area is 226 Å². The summed E-state index contributed by atoms with van der Waals surface area (Å²) in [7, 11) is 1.61. The number of amides is 1. The van der Waals surface area contributed by atoms with Gasteiger partial charge in [-0.25, -0.2) is 4.98 Å². The van der Waals surface area contributed by atoms with E-state index in [0.29, 0.717) is 71.1 Å². The van der Waals surface area contributed by atoms with Crippen molar-refractivity contribution in [1.82, 2.24) is 10.3 Å². The SMILES string of the molecule is CCOc1cc(C(=O)NC(=S)Nc2ccc(-c3nc4cc(OC)ccc4o3)cc2)cc(OCC)c1OCC. The van der Waals surface area contributed by atoms with E-state index in [1.165, 1.54) is 0 Å². The van der Waals surface area contributed by atoms with E-state index in [4.69, 9.17) is 35.6 Å². The van der Waals surface area contributed by atoms with Crippen LogP contribution in [0, 0.1) is 0 Å². The maximum Gasteiger partial charge on any atom is 0.257 e. The quantitative estimate of drug-likeness (QED) is 0.243. The van der Waals surface area contributed by atoms with Crippen LogP contribution in [0.3, 0.4) is 0 Å². The van der Waals surface area contributed by atoms with E-state index in [-0.39, 0.29) is 5.11 Å². The highest BCUT2D eigenvalue weighted by molar-refractivity contribution is 7.80. The molecule has 0 aliphatic carbocycles. The molecular weight excluding hydrogens is 506 g/mol. The number of nitrogens with one attached hydrogen (secondary N) is 2. The van der Waals surface area contributed by atoms with Crippen molar-refractivity contribution in [3.8, 4) is 34.5 Å². The molecule has 198 valence electrons. The second-order valence-corrected chi connectivity index (χ2v) is 8.35. The fraction of sp³-hybridized carbons (Fsp3) is 0.250. The van der Waals surface area contributed by atoms with E-state index in [1.807, 2.05) is 63.2 Å². The van der Waals surface area contributed by atoms with Gasteiger partial charge in [0.2, 0.25) is 11.6 Å². The van der Waals surface area contributed by atoms with Gasteiger partial charge in [0.25, 0.3) is 5.91 Å². The molecule has 0 fully saturated rings. The Morgan fingerprint density at radius 3 is 2.18 bits per heavy atom. The van der Waals surface area contributed by atoms with E-state index in [2.05, 4.69) is 15.6 Å². The number of aromatic nitrogens is 1. The molecule has 0 atom stereocenters. The number of carbonyl (C=O) groups excluding carboxylic acids is 1. The van der Waals surface area contributed by atoms with Crippen LogP contribution in [0.2, 0.25) is 0 Å². The first-order chi connectivity index (χ1) is 18.4. The Balaban J connectivity index is 1.45. The number of nitrogens with zero attached hydrogens (tertiary/aromatic N) is 1. The standard InChI is InChI=1S/C28H29N3O6S/c1-5-34-23-14-18(15-24(35-6-2)25(23)36-7-3)26(32)31-28(38)29-19-10-8-17(9-11-19)27-30-21-16-20(33-4)12-13-22(21)37-27/h8-16H,5-7H2,1-4H3,(H2,29,31,32,38). The molecule has 0 aliphatic rings. The lowest BCUT2D eigenvalue weighted by atomic mass is 10.1. The Bertz CT molecular complexity index is 1410. The third kappa shape index (κ3) is 6.15. The maximum absolute atomic E-state index is 13.0. The summed E-state index contributed by atoms with van der Waals surface area (Å²) in [4.78, 5) is 17.5. The van der Waals surface area contributed by atoms with Gasteiger partial charge in [-0.2, -0.15) is 0 Å². The zero-order valence-electron chi connectivity index (χ0n) is 21.6. The highest BCUT2D eigenvalue weighted by atomic mass is 32.1. The molecule has 1 amide bonds. The van der Waals surface area contributed by atoms with E-state index in [1.54, 1.807) is 19.2 Å². The Hall–Kier alpha value is -4.31. The molecule has 0 saturated carbocycles. The van der Waals surface area contributed by atoms with Gasteiger partial charge in [0.15, 0.2) is 22.2 Å². The van der Waals surface area contributed by atoms with E-state index < -0.39 is 5.91 Å². The zero-order chi connectivity index (χ0) is 27.1. The first kappa shape index (κ1) is 26.7. The van der Waals surface area contributed by atoms with Crippen molar-refractivity contribution < 1.29 is 28.2 Å². The highest BCUT2D eigenvalue weighted by Crippen LogP contribution is 2.39. The van der Waals surface area contributed by atoms with Crippen LogP contribution < -0.4 is 29.6 Å². The first-order valence-corrected chi connectivity index (χ1v) is 12.6. The van der Waals surface area contributed by atoms with Gasteiger partial charge in [0.05, 0.1) is 26.9 Å². The summed E-state index contributed by atoms with van der Waals surface area (Å²) in [6.45, 7) is 6.82. The van der Waals surface area contributed by atoms with Crippen LogP contribution in [0.5, 0.6) is 23.0 Å². The van der Waals surface area contributed by atoms with Crippen LogP contribution >= 0.6 is 12.2 Å². The Morgan fingerprint density at radius 1 is 0.921 bits per heavy atom. The Kier molecular flexibility index (Phi) is 8.65. The van der Waals surface area contributed by atoms with Crippen molar-refractivity contribution in [3.05, 3.63) is 60.2 Å². The number of ether oxygens (including phenoxy) is 4. The average Bonchev–Trinajstić information content (AvgIpc) is 3.34. The van der Waals surface area contributed by atoms with Crippen molar-refractivity contribution in [3.63, 3.8) is 0 Å². The molecular formula is C28H29N3O6S. The number of anilines is 1. The van der Waals surface area contributed by atoms with Crippen molar-refractivity contribution in [1.29, 1.82) is 0 Å². The minimum Gasteiger partial charge on any atom is -0.497 e. The molecule has 0 radical (unpaired) electrons. The Morgan fingerprint density at radius 2 is 1.58 bits per heavy atom. The lowest BCUT2D eigenvalue weighted by Gasteiger charge is -2.17. The van der Waals surface area contributed by atoms with E-state index >= 15 is 0 Å². The van der Waals surface area contributed by atoms with Crippen LogP contribution in [0.4, 0.5) is 5.69 Å². The van der Waals surface area contributed by atoms with Crippen LogP contribution in [0.25, 0.3) is 22.6 Å². The molecule has 1 heterocycles. The monoisotopic (exact) mass is 535 g/mol. The number of benzene rings is 3. The molecule has 0 unspecified atom stereocenters. The van der Waals surface area contributed by atoms with Crippen LogP contribution in [-0.2, 0) is 0 Å². The summed E-state index contributed by atoms with van der Waals surface area (Å²) in [5.74, 6) is 2.11. The maximum atomic E-state index is 13.0. The highest BCUT2D eigenvalue weighted by Gasteiger charge is 2.19. The lowest BCUT2D eigenvalue weighted by molar-refractivity contribution is 0.0976. The molecule has 38 heavy (non-hydrogen) atoms. The summed E-state index contributed by atoms with van der Waals surface area (Å²) in [6, 6.07) is 16.0. The second-order valence-electron chi connectivity index (χ2n) is 7.94.